The van der Waals surface area contributed by atoms with Gasteiger partial charge in [0.05, 0.1) is 18.9 Å². The predicted molar refractivity (Wildman–Crippen MR) is 129 cm³/mol. The van der Waals surface area contributed by atoms with Crippen LogP contribution in [0.4, 0.5) is 0 Å². The van der Waals surface area contributed by atoms with Gasteiger partial charge in [0.25, 0.3) is 0 Å². The smallest absolute Gasteiger partial charge is 0.214 e. The molecule has 164 valence electrons. The first-order chi connectivity index (χ1) is 15.3. The molecule has 3 aromatic carbocycles. The highest BCUT2D eigenvalue weighted by molar-refractivity contribution is 6.30. The van der Waals surface area contributed by atoms with Gasteiger partial charge >= 0.3 is 0 Å². The van der Waals surface area contributed by atoms with Crippen LogP contribution in [0.15, 0.2) is 71.8 Å². The molecule has 0 saturated heterocycles. The molecule has 0 aliphatic carbocycles. The van der Waals surface area contributed by atoms with Gasteiger partial charge in [0, 0.05) is 22.6 Å². The van der Waals surface area contributed by atoms with Crippen molar-refractivity contribution in [2.75, 3.05) is 7.11 Å². The largest absolute Gasteiger partial charge is 0.493 e. The Hall–Kier alpha value is -2.98. The van der Waals surface area contributed by atoms with E-state index in [0.29, 0.717) is 0 Å². The number of ether oxygens (including phenoxy) is 2. The quantitative estimate of drug-likeness (QED) is 0.439. The second-order valence-electron chi connectivity index (χ2n) is 9.37. The Morgan fingerprint density at radius 3 is 2.38 bits per heavy atom. The summed E-state index contributed by atoms with van der Waals surface area (Å²) in [5, 5.41) is 7.85. The highest BCUT2D eigenvalue weighted by Crippen LogP contribution is 2.50. The first-order valence-electron chi connectivity index (χ1n) is 10.9. The van der Waals surface area contributed by atoms with Crippen molar-refractivity contribution in [3.8, 4) is 11.5 Å². The van der Waals surface area contributed by atoms with Crippen molar-refractivity contribution >= 4 is 17.3 Å². The second kappa shape index (κ2) is 7.86. The summed E-state index contributed by atoms with van der Waals surface area (Å²) in [6.07, 6.45) is 0.462. The topological polar surface area (TPSA) is 34.1 Å². The molecule has 5 heteroatoms. The summed E-state index contributed by atoms with van der Waals surface area (Å²) in [7, 11) is 1.68. The lowest BCUT2D eigenvalue weighted by atomic mass is 9.86. The van der Waals surface area contributed by atoms with Gasteiger partial charge in [0.1, 0.15) is 0 Å². The number of hydrogen-bond donors (Lipinski definition) is 0. The second-order valence-corrected chi connectivity index (χ2v) is 9.81. The molecule has 4 nitrogen and oxygen atoms in total. The van der Waals surface area contributed by atoms with Gasteiger partial charge in [-0.3, -0.25) is 0 Å². The zero-order valence-electron chi connectivity index (χ0n) is 18.8. The van der Waals surface area contributed by atoms with E-state index in [1.54, 1.807) is 7.11 Å². The summed E-state index contributed by atoms with van der Waals surface area (Å²) in [5.41, 5.74) is 5.66. The zero-order valence-corrected chi connectivity index (χ0v) is 19.6. The van der Waals surface area contributed by atoms with Crippen LogP contribution in [-0.2, 0) is 5.41 Å². The van der Waals surface area contributed by atoms with Crippen LogP contribution in [0.1, 0.15) is 61.7 Å². The first-order valence-corrected chi connectivity index (χ1v) is 11.3. The van der Waals surface area contributed by atoms with Gasteiger partial charge in [0.2, 0.25) is 6.23 Å². The van der Waals surface area contributed by atoms with Crippen LogP contribution in [-0.4, -0.2) is 17.8 Å². The van der Waals surface area contributed by atoms with E-state index in [4.69, 9.17) is 26.2 Å². The van der Waals surface area contributed by atoms with Crippen molar-refractivity contribution in [3.05, 3.63) is 94.0 Å². The number of para-hydroxylation sites is 1. The average Bonchev–Trinajstić information content (AvgIpc) is 3.24. The molecule has 5 rings (SSSR count). The fraction of sp³-hybridized carbons (Fsp3) is 0.296. The normalized spacial score (nSPS) is 19.7. The Balaban J connectivity index is 1.58. The lowest BCUT2D eigenvalue weighted by Crippen LogP contribution is -2.34. The van der Waals surface area contributed by atoms with Gasteiger partial charge in [-0.15, -0.1) is 0 Å². The van der Waals surface area contributed by atoms with E-state index < -0.39 is 0 Å². The molecular weight excluding hydrogens is 420 g/mol. The summed E-state index contributed by atoms with van der Waals surface area (Å²) in [6.45, 7) is 6.66. The summed E-state index contributed by atoms with van der Waals surface area (Å²) >= 11 is 6.10. The van der Waals surface area contributed by atoms with Crippen LogP contribution in [0.25, 0.3) is 0 Å². The molecule has 0 unspecified atom stereocenters. The van der Waals surface area contributed by atoms with Crippen LogP contribution in [0.5, 0.6) is 11.5 Å². The standard InChI is InChI=1S/C27H27ClN2O2/c1-27(2,3)19-12-8-18(9-13-19)26-30-23(21-6-5-7-24(31-4)25(21)32-26)16-22(29-30)17-10-14-20(28)15-11-17/h5-15,23,26H,16H2,1-4H3/t23-,26-/m1/s1. The maximum absolute atomic E-state index is 6.56. The molecular formula is C27H27ClN2O2. The summed E-state index contributed by atoms with van der Waals surface area (Å²) in [5.74, 6) is 1.55. The fourth-order valence-corrected chi connectivity index (χ4v) is 4.55. The Labute approximate surface area is 194 Å². The molecule has 2 aliphatic rings. The number of rotatable bonds is 3. The third-order valence-corrected chi connectivity index (χ3v) is 6.49. The average molecular weight is 447 g/mol. The number of methoxy groups -OCH3 is 1. The van der Waals surface area contributed by atoms with Crippen LogP contribution < -0.4 is 9.47 Å². The highest BCUT2D eigenvalue weighted by atomic mass is 35.5. The Bertz CT molecular complexity index is 1160. The molecule has 0 aromatic heterocycles. The number of halogens is 1. The van der Waals surface area contributed by atoms with E-state index >= 15 is 0 Å². The lowest BCUT2D eigenvalue weighted by molar-refractivity contribution is -0.0209. The molecule has 0 saturated carbocycles. The molecule has 2 heterocycles. The van der Waals surface area contributed by atoms with Gasteiger partial charge < -0.3 is 9.47 Å². The minimum absolute atomic E-state index is 0.0758. The number of fused-ring (bicyclic) bond motifs is 3. The molecule has 0 N–H and O–H groups in total. The van der Waals surface area contributed by atoms with Gasteiger partial charge in [-0.25, -0.2) is 5.01 Å². The number of nitrogens with zero attached hydrogens (tertiary/aromatic N) is 2. The highest BCUT2D eigenvalue weighted by Gasteiger charge is 2.42. The van der Waals surface area contributed by atoms with Crippen molar-refractivity contribution in [2.24, 2.45) is 5.10 Å². The van der Waals surface area contributed by atoms with Crippen molar-refractivity contribution in [1.29, 1.82) is 0 Å². The maximum atomic E-state index is 6.56. The predicted octanol–water partition coefficient (Wildman–Crippen LogP) is 6.89. The fourth-order valence-electron chi connectivity index (χ4n) is 4.43. The first kappa shape index (κ1) is 20.9. The Kier molecular flexibility index (Phi) is 5.13. The van der Waals surface area contributed by atoms with Crippen molar-refractivity contribution < 1.29 is 9.47 Å². The van der Waals surface area contributed by atoms with E-state index in [1.165, 1.54) is 5.56 Å². The number of hydrazone groups is 1. The molecule has 0 fully saturated rings. The van der Waals surface area contributed by atoms with Gasteiger partial charge in [-0.05, 0) is 34.7 Å². The molecule has 0 spiro atoms. The van der Waals surface area contributed by atoms with Crippen LogP contribution in [0, 0.1) is 0 Å². The maximum Gasteiger partial charge on any atom is 0.214 e. The monoisotopic (exact) mass is 446 g/mol. The Morgan fingerprint density at radius 1 is 1.00 bits per heavy atom. The van der Waals surface area contributed by atoms with Gasteiger partial charge in [-0.1, -0.05) is 80.9 Å². The van der Waals surface area contributed by atoms with Crippen LogP contribution >= 0.6 is 11.6 Å². The van der Waals surface area contributed by atoms with E-state index in [9.17, 15) is 0 Å². The lowest BCUT2D eigenvalue weighted by Gasteiger charge is -2.38. The summed E-state index contributed by atoms with van der Waals surface area (Å²) in [4.78, 5) is 0. The molecule has 32 heavy (non-hydrogen) atoms. The van der Waals surface area contributed by atoms with Crippen LogP contribution in [0.2, 0.25) is 5.02 Å². The molecule has 3 aromatic rings. The third kappa shape index (κ3) is 3.63. The Morgan fingerprint density at radius 2 is 1.72 bits per heavy atom. The molecule has 0 amide bonds. The third-order valence-electron chi connectivity index (χ3n) is 6.24. The van der Waals surface area contributed by atoms with E-state index in [0.717, 1.165) is 45.3 Å². The van der Waals surface area contributed by atoms with Gasteiger partial charge in [-0.2, -0.15) is 5.10 Å². The molecule has 0 bridgehead atoms. The van der Waals surface area contributed by atoms with Crippen molar-refractivity contribution in [1.82, 2.24) is 5.01 Å². The van der Waals surface area contributed by atoms with Gasteiger partial charge in [0.15, 0.2) is 11.5 Å². The van der Waals surface area contributed by atoms with E-state index in [1.807, 2.05) is 36.4 Å². The minimum Gasteiger partial charge on any atom is -0.493 e. The molecule has 2 aliphatic heterocycles. The van der Waals surface area contributed by atoms with Crippen molar-refractivity contribution in [3.63, 3.8) is 0 Å². The number of hydrogen-bond acceptors (Lipinski definition) is 4. The minimum atomic E-state index is -0.331. The number of benzene rings is 3. The molecule has 0 radical (unpaired) electrons. The summed E-state index contributed by atoms with van der Waals surface area (Å²) in [6, 6.07) is 22.7. The zero-order chi connectivity index (χ0) is 22.5. The van der Waals surface area contributed by atoms with E-state index in [-0.39, 0.29) is 17.7 Å². The van der Waals surface area contributed by atoms with Crippen molar-refractivity contribution in [2.45, 2.75) is 44.9 Å². The summed E-state index contributed by atoms with van der Waals surface area (Å²) < 4.78 is 12.2. The van der Waals surface area contributed by atoms with Crippen LogP contribution in [0.3, 0.4) is 0 Å². The molecule has 2 atom stereocenters. The van der Waals surface area contributed by atoms with E-state index in [2.05, 4.69) is 56.1 Å². The SMILES string of the molecule is COc1cccc2c1O[C@H](c1ccc(C(C)(C)C)cc1)N1N=C(c3ccc(Cl)cc3)C[C@H]21.